The van der Waals surface area contributed by atoms with Gasteiger partial charge in [0.1, 0.15) is 0 Å². The summed E-state index contributed by atoms with van der Waals surface area (Å²) in [6, 6.07) is 0. The summed E-state index contributed by atoms with van der Waals surface area (Å²) in [4.78, 5) is 0. The zero-order chi connectivity index (χ0) is 7.90. The molecule has 2 fully saturated rings. The van der Waals surface area contributed by atoms with Crippen LogP contribution in [0.5, 0.6) is 0 Å². The van der Waals surface area contributed by atoms with Gasteiger partial charge in [-0.05, 0) is 13.8 Å². The van der Waals surface area contributed by atoms with Gasteiger partial charge in [0.15, 0.2) is 5.79 Å². The van der Waals surface area contributed by atoms with E-state index >= 15 is 0 Å². The van der Waals surface area contributed by atoms with Crippen LogP contribution < -0.4 is 0 Å². The second-order valence-corrected chi connectivity index (χ2v) is 3.64. The molecule has 0 aromatic rings. The SMILES string of the molecule is CC1(C)OC[C@@H](CC2CO2)O1. The van der Waals surface area contributed by atoms with Gasteiger partial charge in [-0.3, -0.25) is 0 Å². The molecule has 0 amide bonds. The van der Waals surface area contributed by atoms with Crippen molar-refractivity contribution in [1.82, 2.24) is 0 Å². The quantitative estimate of drug-likeness (QED) is 0.560. The van der Waals surface area contributed by atoms with Crippen molar-refractivity contribution in [2.45, 2.75) is 38.3 Å². The topological polar surface area (TPSA) is 31.0 Å². The van der Waals surface area contributed by atoms with Gasteiger partial charge in [-0.1, -0.05) is 0 Å². The van der Waals surface area contributed by atoms with Crippen LogP contribution >= 0.6 is 0 Å². The van der Waals surface area contributed by atoms with E-state index in [1.807, 2.05) is 13.8 Å². The average Bonchev–Trinajstić information content (AvgIpc) is 2.61. The van der Waals surface area contributed by atoms with Gasteiger partial charge >= 0.3 is 0 Å². The third-order valence-corrected chi connectivity index (χ3v) is 2.00. The summed E-state index contributed by atoms with van der Waals surface area (Å²) >= 11 is 0. The molecule has 2 rings (SSSR count). The van der Waals surface area contributed by atoms with Gasteiger partial charge in [-0.25, -0.2) is 0 Å². The molecule has 0 aromatic heterocycles. The first kappa shape index (κ1) is 7.53. The third-order valence-electron chi connectivity index (χ3n) is 2.00. The molecule has 2 heterocycles. The van der Waals surface area contributed by atoms with E-state index in [4.69, 9.17) is 14.2 Å². The Morgan fingerprint density at radius 2 is 2.00 bits per heavy atom. The molecule has 2 aliphatic heterocycles. The lowest BCUT2D eigenvalue weighted by atomic mass is 10.2. The van der Waals surface area contributed by atoms with Crippen molar-refractivity contribution < 1.29 is 14.2 Å². The Morgan fingerprint density at radius 1 is 1.27 bits per heavy atom. The highest BCUT2D eigenvalue weighted by Crippen LogP contribution is 2.27. The summed E-state index contributed by atoms with van der Waals surface area (Å²) in [5.41, 5.74) is 0. The predicted octanol–water partition coefficient (Wildman–Crippen LogP) is 0.927. The van der Waals surface area contributed by atoms with Crippen LogP contribution in [0, 0.1) is 0 Å². The lowest BCUT2D eigenvalue weighted by molar-refractivity contribution is -0.139. The summed E-state index contributed by atoms with van der Waals surface area (Å²) in [7, 11) is 0. The summed E-state index contributed by atoms with van der Waals surface area (Å²) < 4.78 is 16.1. The number of rotatable bonds is 2. The maximum Gasteiger partial charge on any atom is 0.163 e. The lowest BCUT2D eigenvalue weighted by Crippen LogP contribution is -2.22. The van der Waals surface area contributed by atoms with Gasteiger partial charge in [0.2, 0.25) is 0 Å². The molecule has 3 heteroatoms. The van der Waals surface area contributed by atoms with E-state index < -0.39 is 0 Å². The van der Waals surface area contributed by atoms with E-state index in [1.165, 1.54) is 0 Å². The molecule has 0 aromatic carbocycles. The van der Waals surface area contributed by atoms with Crippen LogP contribution in [0.25, 0.3) is 0 Å². The fourth-order valence-corrected chi connectivity index (χ4v) is 1.38. The second-order valence-electron chi connectivity index (χ2n) is 3.64. The van der Waals surface area contributed by atoms with Crippen molar-refractivity contribution in [3.8, 4) is 0 Å². The first-order valence-corrected chi connectivity index (χ1v) is 4.09. The minimum absolute atomic E-state index is 0.248. The molecule has 2 saturated heterocycles. The van der Waals surface area contributed by atoms with Gasteiger partial charge in [0, 0.05) is 6.42 Å². The minimum Gasteiger partial charge on any atom is -0.373 e. The molecule has 1 unspecified atom stereocenters. The van der Waals surface area contributed by atoms with Gasteiger partial charge in [-0.2, -0.15) is 0 Å². The van der Waals surface area contributed by atoms with Gasteiger partial charge < -0.3 is 14.2 Å². The molecule has 0 aliphatic carbocycles. The molecule has 0 bridgehead atoms. The fourth-order valence-electron chi connectivity index (χ4n) is 1.38. The number of hydrogen-bond donors (Lipinski definition) is 0. The summed E-state index contributed by atoms with van der Waals surface area (Å²) in [6.07, 6.45) is 1.68. The highest BCUT2D eigenvalue weighted by atomic mass is 16.7. The average molecular weight is 158 g/mol. The highest BCUT2D eigenvalue weighted by Gasteiger charge is 2.36. The summed E-state index contributed by atoms with van der Waals surface area (Å²) in [5, 5.41) is 0. The standard InChI is InChI=1S/C8H14O3/c1-8(2)10-5-7(11-8)3-6-4-9-6/h6-7H,3-5H2,1-2H3/t6?,7-/m1/s1. The zero-order valence-corrected chi connectivity index (χ0v) is 7.00. The van der Waals surface area contributed by atoms with Crippen molar-refractivity contribution in [3.63, 3.8) is 0 Å². The monoisotopic (exact) mass is 158 g/mol. The van der Waals surface area contributed by atoms with E-state index in [1.54, 1.807) is 0 Å². The van der Waals surface area contributed by atoms with Crippen molar-refractivity contribution in [1.29, 1.82) is 0 Å². The zero-order valence-electron chi connectivity index (χ0n) is 7.00. The Bertz CT molecular complexity index is 151. The Morgan fingerprint density at radius 3 is 2.45 bits per heavy atom. The molecular weight excluding hydrogens is 144 g/mol. The van der Waals surface area contributed by atoms with Crippen molar-refractivity contribution >= 4 is 0 Å². The van der Waals surface area contributed by atoms with Crippen LogP contribution in [0.15, 0.2) is 0 Å². The first-order chi connectivity index (χ1) is 5.16. The number of epoxide rings is 1. The lowest BCUT2D eigenvalue weighted by Gasteiger charge is -2.16. The molecule has 0 spiro atoms. The van der Waals surface area contributed by atoms with Crippen molar-refractivity contribution in [2.24, 2.45) is 0 Å². The van der Waals surface area contributed by atoms with Crippen LogP contribution in [0.3, 0.4) is 0 Å². The second kappa shape index (κ2) is 2.44. The van der Waals surface area contributed by atoms with Gasteiger partial charge in [0.05, 0.1) is 25.4 Å². The molecule has 11 heavy (non-hydrogen) atoms. The molecule has 64 valence electrons. The largest absolute Gasteiger partial charge is 0.373 e. The normalized spacial score (nSPS) is 40.9. The van der Waals surface area contributed by atoms with Gasteiger partial charge in [0.25, 0.3) is 0 Å². The molecule has 0 radical (unpaired) electrons. The van der Waals surface area contributed by atoms with Crippen LogP contribution in [0.1, 0.15) is 20.3 Å². The fraction of sp³-hybridized carbons (Fsp3) is 1.00. The highest BCUT2D eigenvalue weighted by molar-refractivity contribution is 4.79. The predicted molar refractivity (Wildman–Crippen MR) is 39.3 cm³/mol. The number of hydrogen-bond acceptors (Lipinski definition) is 3. The van der Waals surface area contributed by atoms with E-state index in [-0.39, 0.29) is 11.9 Å². The first-order valence-electron chi connectivity index (χ1n) is 4.09. The molecule has 2 aliphatic rings. The van der Waals surface area contributed by atoms with Crippen LogP contribution in [0.2, 0.25) is 0 Å². The molecule has 3 nitrogen and oxygen atoms in total. The Kier molecular flexibility index (Phi) is 1.67. The maximum absolute atomic E-state index is 5.60. The smallest absolute Gasteiger partial charge is 0.163 e. The van der Waals surface area contributed by atoms with E-state index in [9.17, 15) is 0 Å². The van der Waals surface area contributed by atoms with Crippen LogP contribution in [-0.4, -0.2) is 31.2 Å². The molecule has 2 atom stereocenters. The Balaban J connectivity index is 1.79. The van der Waals surface area contributed by atoms with Crippen molar-refractivity contribution in [2.75, 3.05) is 13.2 Å². The van der Waals surface area contributed by atoms with Crippen molar-refractivity contribution in [3.05, 3.63) is 0 Å². The molecule has 0 saturated carbocycles. The Hall–Kier alpha value is -0.120. The maximum atomic E-state index is 5.60. The van der Waals surface area contributed by atoms with E-state index in [0.29, 0.717) is 12.7 Å². The molecular formula is C8H14O3. The van der Waals surface area contributed by atoms with Gasteiger partial charge in [-0.15, -0.1) is 0 Å². The van der Waals surface area contributed by atoms with Crippen LogP contribution in [-0.2, 0) is 14.2 Å². The minimum atomic E-state index is -0.375. The molecule has 0 N–H and O–H groups in total. The Labute approximate surface area is 66.6 Å². The van der Waals surface area contributed by atoms with Crippen LogP contribution in [0.4, 0.5) is 0 Å². The van der Waals surface area contributed by atoms with E-state index in [0.717, 1.165) is 13.0 Å². The van der Waals surface area contributed by atoms with E-state index in [2.05, 4.69) is 0 Å². The summed E-state index contributed by atoms with van der Waals surface area (Å²) in [5.74, 6) is -0.375. The third kappa shape index (κ3) is 1.92. The summed E-state index contributed by atoms with van der Waals surface area (Å²) in [6.45, 7) is 5.51. The number of ether oxygens (including phenoxy) is 3.